The molecule has 0 atom stereocenters. The van der Waals surface area contributed by atoms with Crippen molar-refractivity contribution < 1.29 is 4.74 Å². The minimum Gasteiger partial charge on any atom is -0.463 e. The van der Waals surface area contributed by atoms with Gasteiger partial charge in [-0.15, -0.1) is 0 Å². The molecule has 0 unspecified atom stereocenters. The summed E-state index contributed by atoms with van der Waals surface area (Å²) in [5, 5.41) is 0. The van der Waals surface area contributed by atoms with Crippen molar-refractivity contribution in [2.24, 2.45) is 0 Å². The Bertz CT molecular complexity index is 255. The van der Waals surface area contributed by atoms with Crippen molar-refractivity contribution in [1.82, 2.24) is 0 Å². The van der Waals surface area contributed by atoms with Crippen LogP contribution in [0, 0.1) is 0 Å². The van der Waals surface area contributed by atoms with Crippen LogP contribution in [-0.2, 0) is 0 Å². The van der Waals surface area contributed by atoms with Crippen LogP contribution < -0.4 is 10.5 Å². The molecule has 0 aliphatic rings. The van der Waals surface area contributed by atoms with Crippen molar-refractivity contribution in [2.45, 2.75) is 6.92 Å². The van der Waals surface area contributed by atoms with Crippen LogP contribution in [0.15, 0.2) is 36.6 Å². The van der Waals surface area contributed by atoms with Crippen LogP contribution in [-0.4, -0.2) is 0 Å². The lowest BCUT2D eigenvalue weighted by Crippen LogP contribution is -1.89. The summed E-state index contributed by atoms with van der Waals surface area (Å²) in [6, 6.07) is 7.39. The third-order valence-corrected chi connectivity index (χ3v) is 1.25. The first kappa shape index (κ1) is 7.66. The zero-order valence-corrected chi connectivity index (χ0v) is 6.45. The number of rotatable bonds is 2. The first-order valence-electron chi connectivity index (χ1n) is 3.47. The van der Waals surface area contributed by atoms with Crippen LogP contribution >= 0.6 is 0 Å². The summed E-state index contributed by atoms with van der Waals surface area (Å²) in [6.45, 7) is 1.89. The van der Waals surface area contributed by atoms with Gasteiger partial charge in [-0.2, -0.15) is 0 Å². The zero-order chi connectivity index (χ0) is 8.10. The molecule has 0 radical (unpaired) electrons. The standard InChI is InChI=1S/C9H11NO/c1-2-7-11-9-6-4-3-5-8(9)10/h2-7H,10H2,1H3/b7-2+. The Labute approximate surface area is 66.3 Å². The number of allylic oxidation sites excluding steroid dienone is 1. The highest BCUT2D eigenvalue weighted by molar-refractivity contribution is 5.52. The number of nitrogens with two attached hydrogens (primary N) is 1. The fourth-order valence-electron chi connectivity index (χ4n) is 0.729. The van der Waals surface area contributed by atoms with Gasteiger partial charge in [0.1, 0.15) is 5.75 Å². The van der Waals surface area contributed by atoms with E-state index in [-0.39, 0.29) is 0 Å². The third-order valence-electron chi connectivity index (χ3n) is 1.25. The van der Waals surface area contributed by atoms with Crippen LogP contribution in [0.5, 0.6) is 5.75 Å². The minimum atomic E-state index is 0.658. The number of anilines is 1. The second kappa shape index (κ2) is 3.66. The highest BCUT2D eigenvalue weighted by Crippen LogP contribution is 2.19. The van der Waals surface area contributed by atoms with Crippen LogP contribution in [0.4, 0.5) is 5.69 Å². The summed E-state index contributed by atoms with van der Waals surface area (Å²) in [5.41, 5.74) is 6.26. The molecule has 0 amide bonds. The number of nitrogen functional groups attached to an aromatic ring is 1. The molecule has 0 aromatic heterocycles. The first-order chi connectivity index (χ1) is 5.34. The Morgan fingerprint density at radius 1 is 1.36 bits per heavy atom. The number of hydrogen-bond donors (Lipinski definition) is 1. The molecule has 0 fully saturated rings. The maximum atomic E-state index is 5.60. The lowest BCUT2D eigenvalue weighted by atomic mass is 10.3. The van der Waals surface area contributed by atoms with Gasteiger partial charge in [-0.25, -0.2) is 0 Å². The summed E-state index contributed by atoms with van der Waals surface area (Å²) in [5.74, 6) is 0.700. The Hall–Kier alpha value is -1.44. The first-order valence-corrected chi connectivity index (χ1v) is 3.47. The van der Waals surface area contributed by atoms with Gasteiger partial charge in [-0.3, -0.25) is 0 Å². The van der Waals surface area contributed by atoms with Gasteiger partial charge in [0.25, 0.3) is 0 Å². The zero-order valence-electron chi connectivity index (χ0n) is 6.45. The predicted octanol–water partition coefficient (Wildman–Crippen LogP) is 2.18. The molecule has 0 aliphatic heterocycles. The minimum absolute atomic E-state index is 0.658. The Morgan fingerprint density at radius 3 is 2.73 bits per heavy atom. The average Bonchev–Trinajstić information content (AvgIpc) is 2.03. The molecule has 0 bridgehead atoms. The molecular weight excluding hydrogens is 138 g/mol. The van der Waals surface area contributed by atoms with Crippen molar-refractivity contribution in [3.05, 3.63) is 36.6 Å². The van der Waals surface area contributed by atoms with E-state index in [2.05, 4.69) is 0 Å². The van der Waals surface area contributed by atoms with Gasteiger partial charge < -0.3 is 10.5 Å². The van der Waals surface area contributed by atoms with Gasteiger partial charge in [-0.1, -0.05) is 18.2 Å². The van der Waals surface area contributed by atoms with E-state index >= 15 is 0 Å². The number of para-hydroxylation sites is 2. The number of ether oxygens (including phenoxy) is 1. The van der Waals surface area contributed by atoms with Gasteiger partial charge in [-0.05, 0) is 19.1 Å². The topological polar surface area (TPSA) is 35.2 Å². The molecule has 0 spiro atoms. The SMILES string of the molecule is C/C=C/Oc1ccccc1N. The van der Waals surface area contributed by atoms with Crippen molar-refractivity contribution in [1.29, 1.82) is 0 Å². The molecule has 2 heteroatoms. The van der Waals surface area contributed by atoms with Gasteiger partial charge in [0, 0.05) is 0 Å². The summed E-state index contributed by atoms with van der Waals surface area (Å²) >= 11 is 0. The molecule has 0 aliphatic carbocycles. The summed E-state index contributed by atoms with van der Waals surface area (Å²) in [4.78, 5) is 0. The normalized spacial score (nSPS) is 10.3. The van der Waals surface area contributed by atoms with E-state index in [1.807, 2.05) is 31.2 Å². The average molecular weight is 149 g/mol. The van der Waals surface area contributed by atoms with Crippen LogP contribution in [0.3, 0.4) is 0 Å². The molecule has 1 aromatic carbocycles. The lowest BCUT2D eigenvalue weighted by Gasteiger charge is -2.01. The van der Waals surface area contributed by atoms with E-state index in [0.29, 0.717) is 11.4 Å². The maximum Gasteiger partial charge on any atom is 0.149 e. The van der Waals surface area contributed by atoms with E-state index in [1.165, 1.54) is 0 Å². The summed E-state index contributed by atoms with van der Waals surface area (Å²) in [6.07, 6.45) is 3.41. The van der Waals surface area contributed by atoms with Gasteiger partial charge in [0.2, 0.25) is 0 Å². The highest BCUT2D eigenvalue weighted by atomic mass is 16.5. The molecule has 11 heavy (non-hydrogen) atoms. The fraction of sp³-hybridized carbons (Fsp3) is 0.111. The quantitative estimate of drug-likeness (QED) is 0.516. The molecule has 1 aromatic rings. The fourth-order valence-corrected chi connectivity index (χ4v) is 0.729. The number of benzene rings is 1. The van der Waals surface area contributed by atoms with E-state index in [4.69, 9.17) is 10.5 Å². The lowest BCUT2D eigenvalue weighted by molar-refractivity contribution is 0.483. The van der Waals surface area contributed by atoms with Crippen molar-refractivity contribution in [2.75, 3.05) is 5.73 Å². The van der Waals surface area contributed by atoms with Crippen LogP contribution in [0.25, 0.3) is 0 Å². The van der Waals surface area contributed by atoms with E-state index < -0.39 is 0 Å². The largest absolute Gasteiger partial charge is 0.463 e. The smallest absolute Gasteiger partial charge is 0.149 e. The Morgan fingerprint density at radius 2 is 2.09 bits per heavy atom. The third kappa shape index (κ3) is 2.00. The number of hydrogen-bond acceptors (Lipinski definition) is 2. The van der Waals surface area contributed by atoms with Crippen LogP contribution in [0.2, 0.25) is 0 Å². The van der Waals surface area contributed by atoms with E-state index in [9.17, 15) is 0 Å². The molecule has 1 rings (SSSR count). The monoisotopic (exact) mass is 149 g/mol. The van der Waals surface area contributed by atoms with Crippen molar-refractivity contribution >= 4 is 5.69 Å². The van der Waals surface area contributed by atoms with Crippen LogP contribution in [0.1, 0.15) is 6.92 Å². The molecule has 2 N–H and O–H groups in total. The maximum absolute atomic E-state index is 5.60. The molecular formula is C9H11NO. The predicted molar refractivity (Wildman–Crippen MR) is 46.3 cm³/mol. The second-order valence-electron chi connectivity index (χ2n) is 2.13. The van der Waals surface area contributed by atoms with Crippen molar-refractivity contribution in [3.8, 4) is 5.75 Å². The Balaban J connectivity index is 2.77. The van der Waals surface area contributed by atoms with Crippen molar-refractivity contribution in [3.63, 3.8) is 0 Å². The van der Waals surface area contributed by atoms with Gasteiger partial charge in [0.05, 0.1) is 11.9 Å². The molecule has 58 valence electrons. The van der Waals surface area contributed by atoms with E-state index in [1.54, 1.807) is 12.3 Å². The molecule has 0 saturated heterocycles. The summed E-state index contributed by atoms with van der Waals surface area (Å²) in [7, 11) is 0. The second-order valence-corrected chi connectivity index (χ2v) is 2.13. The van der Waals surface area contributed by atoms with E-state index in [0.717, 1.165) is 0 Å². The molecule has 2 nitrogen and oxygen atoms in total. The highest BCUT2D eigenvalue weighted by Gasteiger charge is 1.93. The summed E-state index contributed by atoms with van der Waals surface area (Å²) < 4.78 is 5.18. The van der Waals surface area contributed by atoms with Gasteiger partial charge in [0.15, 0.2) is 0 Å². The van der Waals surface area contributed by atoms with Gasteiger partial charge >= 0.3 is 0 Å². The molecule has 0 heterocycles. The Kier molecular flexibility index (Phi) is 2.55. The molecule has 0 saturated carbocycles.